The summed E-state index contributed by atoms with van der Waals surface area (Å²) in [4.78, 5) is 41.8. The Hall–Kier alpha value is -2.32. The minimum atomic E-state index is -1.74. The number of phenolic OH excluding ortho intramolecular Hbond substituents is 1. The number of hydrogen-bond donors (Lipinski definition) is 3. The molecule has 0 radical (unpaired) electrons. The van der Waals surface area contributed by atoms with Crippen LogP contribution in [0.5, 0.6) is 5.75 Å². The van der Waals surface area contributed by atoms with E-state index < -0.39 is 23.0 Å². The molecule has 2 aromatic rings. The summed E-state index contributed by atoms with van der Waals surface area (Å²) in [5.74, 6) is -0.526. The van der Waals surface area contributed by atoms with Gasteiger partial charge < -0.3 is 20.6 Å². The Morgan fingerprint density at radius 1 is 1.34 bits per heavy atom. The van der Waals surface area contributed by atoms with E-state index in [2.05, 4.69) is 15.6 Å². The Morgan fingerprint density at radius 2 is 2.03 bits per heavy atom. The molecule has 2 aliphatic rings. The van der Waals surface area contributed by atoms with Gasteiger partial charge in [-0.25, -0.2) is 9.37 Å². The molecule has 0 bridgehead atoms. The number of alkyl halides is 1. The number of amides is 3. The summed E-state index contributed by atoms with van der Waals surface area (Å²) >= 11 is 1.54. The van der Waals surface area contributed by atoms with Crippen LogP contribution in [0.2, 0.25) is 0 Å². The number of halogens is 1. The fraction of sp³-hybridized carbons (Fsp3) is 0.556. The van der Waals surface area contributed by atoms with E-state index in [9.17, 15) is 23.9 Å². The number of benzene rings is 1. The molecule has 1 aliphatic heterocycles. The van der Waals surface area contributed by atoms with Gasteiger partial charge in [0.15, 0.2) is 5.67 Å². The maximum atomic E-state index is 13.8. The molecule has 1 saturated heterocycles. The number of aryl methyl sites for hydroxylation is 1. The molecule has 3 amide bonds. The minimum Gasteiger partial charge on any atom is -0.508 e. The van der Waals surface area contributed by atoms with Crippen molar-refractivity contribution in [1.29, 1.82) is 0 Å². The molecule has 1 aromatic heterocycles. The van der Waals surface area contributed by atoms with E-state index >= 15 is 0 Å². The van der Waals surface area contributed by atoms with Crippen molar-refractivity contribution in [2.45, 2.75) is 84.6 Å². The van der Waals surface area contributed by atoms with Gasteiger partial charge in [-0.3, -0.25) is 14.4 Å². The molecule has 2 fully saturated rings. The van der Waals surface area contributed by atoms with Crippen LogP contribution in [-0.4, -0.2) is 57.5 Å². The first-order chi connectivity index (χ1) is 17.4. The van der Waals surface area contributed by atoms with Gasteiger partial charge in [0.05, 0.1) is 16.1 Å². The van der Waals surface area contributed by atoms with Crippen molar-refractivity contribution in [3.05, 3.63) is 35.0 Å². The normalized spacial score (nSPS) is 18.4. The smallest absolute Gasteiger partial charge is 0.258 e. The van der Waals surface area contributed by atoms with E-state index in [1.165, 1.54) is 0 Å². The topological polar surface area (TPSA) is 112 Å². The van der Waals surface area contributed by atoms with Crippen LogP contribution in [0, 0.1) is 12.3 Å². The Morgan fingerprint density at radius 3 is 2.50 bits per heavy atom. The van der Waals surface area contributed by atoms with E-state index in [1.54, 1.807) is 29.0 Å². The van der Waals surface area contributed by atoms with E-state index in [0.29, 0.717) is 18.5 Å². The number of nitrogens with zero attached hydrogens (tertiary/aromatic N) is 2. The molecule has 2 heterocycles. The average Bonchev–Trinajstić information content (AvgIpc) is 3.22. The van der Waals surface area contributed by atoms with Crippen LogP contribution < -0.4 is 10.6 Å². The van der Waals surface area contributed by atoms with Gasteiger partial charge in [0.2, 0.25) is 12.3 Å². The van der Waals surface area contributed by atoms with Gasteiger partial charge in [-0.05, 0) is 56.6 Å². The quantitative estimate of drug-likeness (QED) is 0.374. The molecule has 38 heavy (non-hydrogen) atoms. The number of thiazole rings is 1. The number of nitrogens with one attached hydrogen (secondary N) is 2. The molecule has 11 heteroatoms. The Balaban J connectivity index is 0.000000263. The van der Waals surface area contributed by atoms with Crippen LogP contribution in [0.3, 0.4) is 0 Å². The molecule has 2 atom stereocenters. The molecular formula is C27H37FN4O4SW. The van der Waals surface area contributed by atoms with Gasteiger partial charge >= 0.3 is 0 Å². The van der Waals surface area contributed by atoms with Crippen LogP contribution in [-0.2, 0) is 42.0 Å². The van der Waals surface area contributed by atoms with E-state index in [-0.39, 0.29) is 51.6 Å². The van der Waals surface area contributed by atoms with Crippen molar-refractivity contribution >= 4 is 29.6 Å². The molecule has 2 unspecified atom stereocenters. The van der Waals surface area contributed by atoms with Crippen LogP contribution in [0.1, 0.15) is 64.6 Å². The van der Waals surface area contributed by atoms with E-state index in [4.69, 9.17) is 0 Å². The Bertz CT molecular complexity index is 1130. The molecule has 208 valence electrons. The Kier molecular flexibility index (Phi) is 11.0. The second-order valence-electron chi connectivity index (χ2n) is 10.9. The molecular weight excluding hydrogens is 679 g/mol. The number of rotatable bonds is 7. The number of aromatic nitrogens is 1. The summed E-state index contributed by atoms with van der Waals surface area (Å²) < 4.78 is 13.8. The average molecular weight is 717 g/mol. The third-order valence-corrected chi connectivity index (χ3v) is 7.77. The molecule has 0 spiro atoms. The fourth-order valence-electron chi connectivity index (χ4n) is 4.26. The zero-order chi connectivity index (χ0) is 27.4. The van der Waals surface area contributed by atoms with Crippen LogP contribution in [0.4, 0.5) is 4.39 Å². The first-order valence-electron chi connectivity index (χ1n) is 12.6. The number of hydrogen-bond acceptors (Lipinski definition) is 6. The molecule has 3 N–H and O–H groups in total. The number of carbonyl (C=O) groups is 3. The van der Waals surface area contributed by atoms with Crippen molar-refractivity contribution < 1.29 is 44.9 Å². The number of phenols is 1. The number of carbonyl (C=O) groups excluding carboxylic acids is 3. The largest absolute Gasteiger partial charge is 0.508 e. The zero-order valence-electron chi connectivity index (χ0n) is 22.5. The predicted molar refractivity (Wildman–Crippen MR) is 142 cm³/mol. The maximum absolute atomic E-state index is 13.8. The van der Waals surface area contributed by atoms with Crippen LogP contribution in [0.25, 0.3) is 10.4 Å². The van der Waals surface area contributed by atoms with Crippen molar-refractivity contribution in [3.63, 3.8) is 0 Å². The zero-order valence-corrected chi connectivity index (χ0v) is 26.3. The molecule has 1 saturated carbocycles. The molecule has 8 nitrogen and oxygen atoms in total. The standard InChI is InChI=1S/C15H25FN2O2.C12H12N2O2S.W/c1-10-6-5-9-18(10)12(19)11(14(2,3)4)17-13(20)15(16)7-8-15;1-8-12(17-7-14-8)9-2-3-10(5-13-6-15)11(16)4-9;/h10-11H,5-9H2,1-4H3,(H,17,20);2-4,6-7,16H,5H2,1H3,(H,13,15);. The second kappa shape index (κ2) is 13.2. The summed E-state index contributed by atoms with van der Waals surface area (Å²) in [6, 6.07) is 4.96. The van der Waals surface area contributed by atoms with Crippen LogP contribution in [0.15, 0.2) is 23.7 Å². The Labute approximate surface area is 242 Å². The SMILES string of the molecule is CC1CCCN1C(=O)C(NC(=O)C1(F)CC1)C(C)(C)C.Cc1ncsc1-c1ccc(CNC=O)c(O)c1.[W]. The van der Waals surface area contributed by atoms with Crippen molar-refractivity contribution in [2.75, 3.05) is 6.54 Å². The van der Waals surface area contributed by atoms with E-state index in [1.807, 2.05) is 45.6 Å². The van der Waals surface area contributed by atoms with Crippen molar-refractivity contribution in [3.8, 4) is 16.2 Å². The van der Waals surface area contributed by atoms with Crippen LogP contribution >= 0.6 is 11.3 Å². The van der Waals surface area contributed by atoms with Gasteiger partial charge in [-0.2, -0.15) is 0 Å². The first-order valence-corrected chi connectivity index (χ1v) is 13.4. The molecule has 1 aliphatic carbocycles. The monoisotopic (exact) mass is 716 g/mol. The second-order valence-corrected chi connectivity index (χ2v) is 11.7. The van der Waals surface area contributed by atoms with Gasteiger partial charge in [-0.1, -0.05) is 32.9 Å². The van der Waals surface area contributed by atoms with Gasteiger partial charge in [0, 0.05) is 45.8 Å². The third kappa shape index (κ3) is 7.85. The molecule has 1 aromatic carbocycles. The minimum absolute atomic E-state index is 0. The maximum Gasteiger partial charge on any atom is 0.258 e. The summed E-state index contributed by atoms with van der Waals surface area (Å²) in [5, 5.41) is 15.0. The van der Waals surface area contributed by atoms with Gasteiger partial charge in [0.1, 0.15) is 11.8 Å². The summed E-state index contributed by atoms with van der Waals surface area (Å²) in [6.07, 6.45) is 3.13. The number of likely N-dealkylation sites (tertiary alicyclic amines) is 1. The predicted octanol–water partition coefficient (Wildman–Crippen LogP) is 4.10. The van der Waals surface area contributed by atoms with E-state index in [0.717, 1.165) is 35.5 Å². The summed E-state index contributed by atoms with van der Waals surface area (Å²) in [7, 11) is 0. The molecule has 4 rings (SSSR count). The van der Waals surface area contributed by atoms with Crippen molar-refractivity contribution in [2.24, 2.45) is 5.41 Å². The van der Waals surface area contributed by atoms with Gasteiger partial charge in [0.25, 0.3) is 5.91 Å². The summed E-state index contributed by atoms with van der Waals surface area (Å²) in [5.41, 5.74) is 2.21. The fourth-order valence-corrected chi connectivity index (χ4v) is 5.06. The third-order valence-electron chi connectivity index (χ3n) is 6.79. The van der Waals surface area contributed by atoms with Crippen molar-refractivity contribution in [1.82, 2.24) is 20.5 Å². The summed E-state index contributed by atoms with van der Waals surface area (Å²) in [6.45, 7) is 10.7. The first kappa shape index (κ1) is 31.9. The van der Waals surface area contributed by atoms with Gasteiger partial charge in [-0.15, -0.1) is 11.3 Å². The number of aromatic hydroxyl groups is 1.